The number of esters is 2. The Morgan fingerprint density at radius 1 is 0.682 bits per heavy atom. The lowest BCUT2D eigenvalue weighted by Crippen LogP contribution is -2.16. The van der Waals surface area contributed by atoms with E-state index in [0.29, 0.717) is 33.4 Å². The molecule has 222 valence electrons. The van der Waals surface area contributed by atoms with E-state index in [1.54, 1.807) is 39.8 Å². The summed E-state index contributed by atoms with van der Waals surface area (Å²) >= 11 is 0. The molecule has 0 aliphatic rings. The van der Waals surface area contributed by atoms with Crippen LogP contribution in [0.1, 0.15) is 54.4 Å². The molecule has 0 bridgehead atoms. The van der Waals surface area contributed by atoms with Crippen molar-refractivity contribution in [1.82, 2.24) is 9.97 Å². The second kappa shape index (κ2) is 11.6. The van der Waals surface area contributed by atoms with Crippen LogP contribution in [0.2, 0.25) is 0 Å². The molecule has 0 aliphatic heterocycles. The van der Waals surface area contributed by atoms with Gasteiger partial charge in [0.2, 0.25) is 0 Å². The Morgan fingerprint density at radius 3 is 1.32 bits per heavy atom. The number of aromatic hydroxyl groups is 2. The first kappa shape index (κ1) is 30.8. The summed E-state index contributed by atoms with van der Waals surface area (Å²) in [7, 11) is 2.25. The zero-order valence-electron chi connectivity index (χ0n) is 24.8. The van der Waals surface area contributed by atoms with Crippen molar-refractivity contribution in [3.63, 3.8) is 0 Å². The number of carbonyl (C=O) groups is 2. The highest BCUT2D eigenvalue weighted by Crippen LogP contribution is 2.48. The monoisotopic (exact) mass is 592 g/mol. The summed E-state index contributed by atoms with van der Waals surface area (Å²) in [6, 6.07) is 9.98. The van der Waals surface area contributed by atoms with Gasteiger partial charge in [0.25, 0.3) is 0 Å². The molecule has 12 nitrogen and oxygen atoms in total. The number of phenols is 2. The third-order valence-electron chi connectivity index (χ3n) is 7.48. The van der Waals surface area contributed by atoms with Gasteiger partial charge in [0.05, 0.1) is 25.6 Å². The largest absolute Gasteiger partial charge is 0.508 e. The smallest absolute Gasteiger partial charge is 0.342 e. The second-order valence-electron chi connectivity index (χ2n) is 9.96. The molecule has 12 heteroatoms. The quantitative estimate of drug-likeness (QED) is 0.234. The molecule has 0 saturated heterocycles. The Kier molecular flexibility index (Phi) is 8.14. The summed E-state index contributed by atoms with van der Waals surface area (Å²) in [5.74, 6) is -2.04. The van der Waals surface area contributed by atoms with Crippen molar-refractivity contribution in [2.24, 2.45) is 0 Å². The van der Waals surface area contributed by atoms with Crippen LogP contribution in [0.5, 0.6) is 11.5 Å². The lowest BCUT2D eigenvalue weighted by molar-refractivity contribution is 0.0592. The van der Waals surface area contributed by atoms with Gasteiger partial charge in [-0.3, -0.25) is 0 Å². The first-order chi connectivity index (χ1) is 20.8. The standard InChI is InChI=1S/C32H28N6O6/c1-13-7-9-19(39)15(3)21(13)25-27(35)23(31(41)43-5)17(11-33)37-29(25)30-26(22-14(2)8-10-20(40)16(22)4)28(36)24(32(42)44-6)18(12-34)38-30/h7-10,39-40H,1-6H3,(H2,35,37)(H2,36,38). The number of pyridine rings is 2. The van der Waals surface area contributed by atoms with Crippen molar-refractivity contribution in [3.8, 4) is 57.3 Å². The maximum Gasteiger partial charge on any atom is 0.342 e. The van der Waals surface area contributed by atoms with Crippen molar-refractivity contribution in [1.29, 1.82) is 10.5 Å². The van der Waals surface area contributed by atoms with Crippen LogP contribution in [-0.2, 0) is 9.47 Å². The number of ether oxygens (including phenoxy) is 2. The fourth-order valence-electron chi connectivity index (χ4n) is 5.28. The minimum absolute atomic E-state index is 0.0831. The van der Waals surface area contributed by atoms with E-state index in [0.717, 1.165) is 14.2 Å². The van der Waals surface area contributed by atoms with E-state index >= 15 is 0 Å². The molecule has 44 heavy (non-hydrogen) atoms. The lowest BCUT2D eigenvalue weighted by Gasteiger charge is -2.23. The number of nitrogens with zero attached hydrogens (tertiary/aromatic N) is 4. The molecule has 0 amide bonds. The first-order valence-electron chi connectivity index (χ1n) is 13.1. The number of carbonyl (C=O) groups excluding carboxylic acids is 2. The molecule has 0 atom stereocenters. The Bertz CT molecular complexity index is 1840. The number of benzene rings is 2. The second-order valence-corrected chi connectivity index (χ2v) is 9.96. The lowest BCUT2D eigenvalue weighted by atomic mass is 9.85. The molecule has 0 unspecified atom stereocenters. The Labute approximate surface area is 252 Å². The fraction of sp³-hybridized carbons (Fsp3) is 0.188. The number of aryl methyl sites for hydroxylation is 2. The predicted octanol–water partition coefficient (Wildman–Crippen LogP) is 4.60. The summed E-state index contributed by atoms with van der Waals surface area (Å²) in [4.78, 5) is 34.9. The molecular formula is C32H28N6O6. The van der Waals surface area contributed by atoms with Gasteiger partial charge in [-0.05, 0) is 73.2 Å². The van der Waals surface area contributed by atoms with Crippen LogP contribution in [0, 0.1) is 50.4 Å². The predicted molar refractivity (Wildman–Crippen MR) is 162 cm³/mol. The minimum atomic E-state index is -0.930. The average Bonchev–Trinajstić information content (AvgIpc) is 3.01. The Balaban J connectivity index is 2.40. The third-order valence-corrected chi connectivity index (χ3v) is 7.48. The number of rotatable bonds is 5. The minimum Gasteiger partial charge on any atom is -0.508 e. The van der Waals surface area contributed by atoms with Crippen LogP contribution in [0.4, 0.5) is 11.4 Å². The summed E-state index contributed by atoms with van der Waals surface area (Å²) < 4.78 is 9.82. The Morgan fingerprint density at radius 2 is 1.02 bits per heavy atom. The SMILES string of the molecule is COC(=O)c1c(C#N)nc(-c2nc(C#N)c(C(=O)OC)c(N)c2-c2c(C)ccc(O)c2C)c(-c2c(C)ccc(O)c2C)c1N. The van der Waals surface area contributed by atoms with Gasteiger partial charge in [0.1, 0.15) is 46.2 Å². The molecule has 6 N–H and O–H groups in total. The van der Waals surface area contributed by atoms with Crippen molar-refractivity contribution in [3.05, 3.63) is 69.0 Å². The van der Waals surface area contributed by atoms with Gasteiger partial charge in [-0.2, -0.15) is 10.5 Å². The van der Waals surface area contributed by atoms with Crippen molar-refractivity contribution in [2.75, 3.05) is 25.7 Å². The molecule has 2 aromatic heterocycles. The number of methoxy groups -OCH3 is 2. The van der Waals surface area contributed by atoms with E-state index in [9.17, 15) is 30.3 Å². The number of hydrogen-bond donors (Lipinski definition) is 4. The number of hydrogen-bond acceptors (Lipinski definition) is 12. The van der Waals surface area contributed by atoms with Gasteiger partial charge in [-0.25, -0.2) is 19.6 Å². The van der Waals surface area contributed by atoms with Crippen LogP contribution in [0.25, 0.3) is 33.6 Å². The average molecular weight is 593 g/mol. The molecule has 0 spiro atoms. The maximum atomic E-state index is 12.9. The molecule has 2 heterocycles. The zero-order chi connectivity index (χ0) is 32.6. The number of nitriles is 2. The Hall–Kier alpha value is -6.14. The molecule has 0 radical (unpaired) electrons. The number of aromatic nitrogens is 2. The summed E-state index contributed by atoms with van der Waals surface area (Å²) in [6.07, 6.45) is 0. The highest BCUT2D eigenvalue weighted by atomic mass is 16.5. The van der Waals surface area contributed by atoms with E-state index in [1.807, 2.05) is 12.1 Å². The van der Waals surface area contributed by atoms with E-state index in [4.69, 9.17) is 20.9 Å². The third kappa shape index (κ3) is 4.74. The van der Waals surface area contributed by atoms with Gasteiger partial charge >= 0.3 is 11.9 Å². The first-order valence-corrected chi connectivity index (χ1v) is 13.1. The molecule has 0 fully saturated rings. The number of nitrogens with two attached hydrogens (primary N) is 2. The number of phenolic OH excluding ortho intramolecular Hbond substituents is 2. The van der Waals surface area contributed by atoms with Gasteiger partial charge in [0, 0.05) is 11.1 Å². The molecule has 0 aliphatic carbocycles. The number of nitrogen functional groups attached to an aromatic ring is 2. The van der Waals surface area contributed by atoms with Crippen LogP contribution in [-0.4, -0.2) is 46.3 Å². The summed E-state index contributed by atoms with van der Waals surface area (Å²) in [5.41, 5.74) is 14.2. The number of anilines is 2. The van der Waals surface area contributed by atoms with E-state index in [2.05, 4.69) is 9.97 Å². The fourth-order valence-corrected chi connectivity index (χ4v) is 5.28. The van der Waals surface area contributed by atoms with Gasteiger partial charge in [-0.15, -0.1) is 0 Å². The molecular weight excluding hydrogens is 564 g/mol. The maximum absolute atomic E-state index is 12.9. The molecule has 4 aromatic rings. The highest BCUT2D eigenvalue weighted by Gasteiger charge is 2.33. The van der Waals surface area contributed by atoms with Crippen LogP contribution in [0.15, 0.2) is 24.3 Å². The van der Waals surface area contributed by atoms with Crippen molar-refractivity contribution < 1.29 is 29.3 Å². The normalized spacial score (nSPS) is 10.5. The van der Waals surface area contributed by atoms with E-state index in [1.165, 1.54) is 12.1 Å². The van der Waals surface area contributed by atoms with E-state index in [-0.39, 0.29) is 56.5 Å². The summed E-state index contributed by atoms with van der Waals surface area (Å²) in [5, 5.41) is 41.5. The molecule has 2 aromatic carbocycles. The molecule has 0 saturated carbocycles. The van der Waals surface area contributed by atoms with Crippen molar-refractivity contribution in [2.45, 2.75) is 27.7 Å². The van der Waals surface area contributed by atoms with Gasteiger partial charge in [-0.1, -0.05) is 12.1 Å². The van der Waals surface area contributed by atoms with Crippen LogP contribution >= 0.6 is 0 Å². The van der Waals surface area contributed by atoms with E-state index < -0.39 is 23.3 Å². The molecule has 4 rings (SSSR count). The summed E-state index contributed by atoms with van der Waals surface area (Å²) in [6.45, 7) is 6.75. The topological polar surface area (TPSA) is 218 Å². The van der Waals surface area contributed by atoms with Crippen LogP contribution < -0.4 is 11.5 Å². The van der Waals surface area contributed by atoms with Crippen LogP contribution in [0.3, 0.4) is 0 Å². The van der Waals surface area contributed by atoms with Gasteiger partial charge < -0.3 is 31.2 Å². The van der Waals surface area contributed by atoms with Gasteiger partial charge in [0.15, 0.2) is 11.4 Å². The highest BCUT2D eigenvalue weighted by molar-refractivity contribution is 6.09. The zero-order valence-corrected chi connectivity index (χ0v) is 24.8. The van der Waals surface area contributed by atoms with Crippen molar-refractivity contribution >= 4 is 23.3 Å².